The third-order valence-corrected chi connectivity index (χ3v) is 5.23. The second-order valence-electron chi connectivity index (χ2n) is 7.48. The molecule has 0 atom stereocenters. The van der Waals surface area contributed by atoms with Gasteiger partial charge in [0.1, 0.15) is 24.0 Å². The van der Waals surface area contributed by atoms with E-state index in [2.05, 4.69) is 4.98 Å². The smallest absolute Gasteiger partial charge is 0.417 e. The van der Waals surface area contributed by atoms with Crippen LogP contribution in [0.25, 0.3) is 22.3 Å². The maximum absolute atomic E-state index is 14.7. The summed E-state index contributed by atoms with van der Waals surface area (Å²) < 4.78 is 75.3. The predicted octanol–water partition coefficient (Wildman–Crippen LogP) is 6.99. The topological polar surface area (TPSA) is 59.4 Å². The van der Waals surface area contributed by atoms with Crippen molar-refractivity contribution in [2.75, 3.05) is 0 Å². The van der Waals surface area contributed by atoms with Crippen LogP contribution in [-0.2, 0) is 12.8 Å². The highest BCUT2D eigenvalue weighted by atomic mass is 19.4. The molecule has 178 valence electrons. The first-order chi connectivity index (χ1) is 16.6. The van der Waals surface area contributed by atoms with Crippen LogP contribution in [0.3, 0.4) is 0 Å². The lowest BCUT2D eigenvalue weighted by Crippen LogP contribution is -2.09. The number of hydrogen-bond donors (Lipinski definition) is 1. The summed E-state index contributed by atoms with van der Waals surface area (Å²) in [6.07, 6.45) is -3.48. The molecule has 1 N–H and O–H groups in total. The van der Waals surface area contributed by atoms with Crippen molar-refractivity contribution < 1.29 is 36.6 Å². The number of carbonyl (C=O) groups is 1. The van der Waals surface area contributed by atoms with Crippen molar-refractivity contribution in [2.24, 2.45) is 0 Å². The number of alkyl halides is 3. The molecule has 3 aromatic carbocycles. The summed E-state index contributed by atoms with van der Waals surface area (Å²) in [6, 6.07) is 15.1. The largest absolute Gasteiger partial charge is 0.489 e. The fraction of sp³-hybridized carbons (Fsp3) is 0.0769. The van der Waals surface area contributed by atoms with Gasteiger partial charge >= 0.3 is 12.1 Å². The minimum atomic E-state index is -4.78. The number of halogens is 5. The molecule has 0 amide bonds. The van der Waals surface area contributed by atoms with Gasteiger partial charge < -0.3 is 9.84 Å². The minimum absolute atomic E-state index is 0.0428. The number of aromatic nitrogens is 1. The number of carboxylic acid groups (broad SMARTS) is 1. The van der Waals surface area contributed by atoms with Crippen LogP contribution in [0.2, 0.25) is 0 Å². The molecule has 0 saturated heterocycles. The average molecular weight is 485 g/mol. The fourth-order valence-electron chi connectivity index (χ4n) is 3.56. The highest BCUT2D eigenvalue weighted by Gasteiger charge is 2.34. The molecule has 4 aromatic rings. The first kappa shape index (κ1) is 23.9. The molecule has 0 bridgehead atoms. The second-order valence-corrected chi connectivity index (χ2v) is 7.48. The van der Waals surface area contributed by atoms with Gasteiger partial charge in [-0.2, -0.15) is 13.2 Å². The molecule has 4 rings (SSSR count). The number of ether oxygens (including phenoxy) is 1. The van der Waals surface area contributed by atoms with Gasteiger partial charge in [0.25, 0.3) is 0 Å². The van der Waals surface area contributed by atoms with E-state index in [0.29, 0.717) is 0 Å². The molecule has 0 saturated carbocycles. The van der Waals surface area contributed by atoms with Gasteiger partial charge in [0.2, 0.25) is 0 Å². The molecule has 0 aliphatic rings. The Morgan fingerprint density at radius 3 is 2.29 bits per heavy atom. The van der Waals surface area contributed by atoms with Crippen LogP contribution in [0.15, 0.2) is 79.0 Å². The number of nitrogens with zero attached hydrogens (tertiary/aromatic N) is 1. The lowest BCUT2D eigenvalue weighted by atomic mass is 9.98. The molecule has 1 aromatic heterocycles. The molecular weight excluding hydrogens is 469 g/mol. The van der Waals surface area contributed by atoms with E-state index >= 15 is 0 Å². The van der Waals surface area contributed by atoms with Crippen LogP contribution in [0.1, 0.15) is 21.6 Å². The van der Waals surface area contributed by atoms with E-state index in [1.54, 1.807) is 0 Å². The Morgan fingerprint density at radius 1 is 0.857 bits per heavy atom. The van der Waals surface area contributed by atoms with E-state index in [1.165, 1.54) is 54.7 Å². The van der Waals surface area contributed by atoms with Gasteiger partial charge in [-0.05, 0) is 47.5 Å². The Morgan fingerprint density at radius 2 is 1.60 bits per heavy atom. The zero-order valence-corrected chi connectivity index (χ0v) is 17.8. The zero-order valence-electron chi connectivity index (χ0n) is 17.8. The predicted molar refractivity (Wildman–Crippen MR) is 118 cm³/mol. The summed E-state index contributed by atoms with van der Waals surface area (Å²) in [5.74, 6) is -2.98. The minimum Gasteiger partial charge on any atom is -0.489 e. The van der Waals surface area contributed by atoms with E-state index in [1.807, 2.05) is 0 Å². The first-order valence-corrected chi connectivity index (χ1v) is 10.2. The van der Waals surface area contributed by atoms with Crippen LogP contribution >= 0.6 is 0 Å². The Kier molecular flexibility index (Phi) is 6.50. The van der Waals surface area contributed by atoms with E-state index in [9.17, 15) is 31.9 Å². The highest BCUT2D eigenvalue weighted by Crippen LogP contribution is 2.40. The Hall–Kier alpha value is -4.27. The molecule has 0 radical (unpaired) electrons. The molecular formula is C26H16F5NO3. The Bertz CT molecular complexity index is 1400. The first-order valence-electron chi connectivity index (χ1n) is 10.2. The molecule has 0 aliphatic heterocycles. The standard InChI is InChI=1S/C26H16F5NO3/c27-22-6-2-1-4-20(22)19-10-9-17(13-21(19)26(29,30)31)35-14-16-8-7-15(12-23(16)28)18-5-3-11-32-24(18)25(33)34/h1-13H,14H2,(H,33,34). The number of benzene rings is 3. The fourth-order valence-corrected chi connectivity index (χ4v) is 3.56. The van der Waals surface area contributed by atoms with Crippen LogP contribution in [0.5, 0.6) is 5.75 Å². The summed E-state index contributed by atoms with van der Waals surface area (Å²) in [4.78, 5) is 15.1. The van der Waals surface area contributed by atoms with Crippen LogP contribution < -0.4 is 4.74 Å². The van der Waals surface area contributed by atoms with Crippen molar-refractivity contribution in [1.82, 2.24) is 4.98 Å². The summed E-state index contributed by atoms with van der Waals surface area (Å²) >= 11 is 0. The van der Waals surface area contributed by atoms with Crippen molar-refractivity contribution in [3.8, 4) is 28.0 Å². The Labute approximate surface area is 196 Å². The van der Waals surface area contributed by atoms with Gasteiger partial charge in [0, 0.05) is 22.9 Å². The summed E-state index contributed by atoms with van der Waals surface area (Å²) in [7, 11) is 0. The molecule has 1 heterocycles. The van der Waals surface area contributed by atoms with Gasteiger partial charge in [-0.3, -0.25) is 0 Å². The molecule has 0 unspecified atom stereocenters. The number of aromatic carboxylic acids is 1. The van der Waals surface area contributed by atoms with E-state index in [0.717, 1.165) is 24.3 Å². The van der Waals surface area contributed by atoms with Crippen molar-refractivity contribution in [2.45, 2.75) is 12.8 Å². The van der Waals surface area contributed by atoms with Gasteiger partial charge in [0.05, 0.1) is 5.56 Å². The van der Waals surface area contributed by atoms with Gasteiger partial charge in [0.15, 0.2) is 5.69 Å². The molecule has 0 aliphatic carbocycles. The third-order valence-electron chi connectivity index (χ3n) is 5.23. The lowest BCUT2D eigenvalue weighted by molar-refractivity contribution is -0.137. The maximum atomic E-state index is 14.7. The van der Waals surface area contributed by atoms with Gasteiger partial charge in [-0.25, -0.2) is 18.6 Å². The zero-order chi connectivity index (χ0) is 25.2. The molecule has 4 nitrogen and oxygen atoms in total. The monoisotopic (exact) mass is 485 g/mol. The SMILES string of the molecule is O=C(O)c1ncccc1-c1ccc(COc2ccc(-c3ccccc3F)c(C(F)(F)F)c2)c(F)c1. The second kappa shape index (κ2) is 9.54. The van der Waals surface area contributed by atoms with Crippen molar-refractivity contribution in [3.63, 3.8) is 0 Å². The lowest BCUT2D eigenvalue weighted by Gasteiger charge is -2.16. The van der Waals surface area contributed by atoms with Crippen LogP contribution in [0.4, 0.5) is 22.0 Å². The number of hydrogen-bond acceptors (Lipinski definition) is 3. The molecule has 0 spiro atoms. The van der Waals surface area contributed by atoms with E-state index in [-0.39, 0.29) is 45.9 Å². The molecule has 0 fully saturated rings. The number of carboxylic acids is 1. The quantitative estimate of drug-likeness (QED) is 0.299. The summed E-state index contributed by atoms with van der Waals surface area (Å²) in [6.45, 7) is -0.388. The van der Waals surface area contributed by atoms with E-state index in [4.69, 9.17) is 4.74 Å². The summed E-state index contributed by atoms with van der Waals surface area (Å²) in [5.41, 5.74) is -1.36. The van der Waals surface area contributed by atoms with Crippen molar-refractivity contribution in [3.05, 3.63) is 107 Å². The van der Waals surface area contributed by atoms with Crippen LogP contribution in [0, 0.1) is 11.6 Å². The number of rotatable bonds is 6. The van der Waals surface area contributed by atoms with Gasteiger partial charge in [-0.15, -0.1) is 0 Å². The molecule has 35 heavy (non-hydrogen) atoms. The Balaban J connectivity index is 1.59. The van der Waals surface area contributed by atoms with Crippen molar-refractivity contribution >= 4 is 5.97 Å². The summed E-state index contributed by atoms with van der Waals surface area (Å²) in [5, 5.41) is 9.27. The van der Waals surface area contributed by atoms with Crippen LogP contribution in [-0.4, -0.2) is 16.1 Å². The van der Waals surface area contributed by atoms with Crippen molar-refractivity contribution in [1.29, 1.82) is 0 Å². The van der Waals surface area contributed by atoms with E-state index < -0.39 is 29.3 Å². The maximum Gasteiger partial charge on any atom is 0.417 e. The molecule has 9 heteroatoms. The normalized spacial score (nSPS) is 11.3. The van der Waals surface area contributed by atoms with Gasteiger partial charge in [-0.1, -0.05) is 36.4 Å². The average Bonchev–Trinajstić information content (AvgIpc) is 2.83. The number of pyridine rings is 1. The highest BCUT2D eigenvalue weighted by molar-refractivity contribution is 5.93. The third kappa shape index (κ3) is 5.13.